The van der Waals surface area contributed by atoms with Crippen LogP contribution in [0.3, 0.4) is 0 Å². The lowest BCUT2D eigenvalue weighted by atomic mass is 9.43. The van der Waals surface area contributed by atoms with Crippen LogP contribution in [0.25, 0.3) is 32.3 Å². The molecule has 5 aromatic rings. The fourth-order valence-corrected chi connectivity index (χ4v) is 41.2. The SMILES string of the molecule is C[C@@H]1CCC(=O)Nc2cn(nn2)[C@@H]2CC[C@@]3(C)[C@H](C2)C[C@@H](O)[C@@H]2[C@@H]3C[C@H](O)[C@]3(C)[C@H](CC[C@@H]23)[C@H](C)CCC(=O)N[C@@H](CCCNC(=O)c2ccc3ccc4cccc5ccc2c3c45)C(=O)N[C@@H]2CC[C@@]3(C)[C@H](C2)C[C@@H](O)[C@@H]2[C@@H]3C[C@H](O)[C@]3(C)[C@H](CC[C@@H]23)[C@H](C)CCC(=O)N[C@@H]2CC[C@@]3(C)[C@H](C2)C[C@@H](O)[C@@H]2[C@@H]3C[C@H](O)[C@]3(C)[C@H](CC[C@@H]23)[C@H](C)CCC(=O)N[C@@H]2CC[C@@]3(C)[C@H](C2)C[C@@H](O)[C@@H]2[C@@H]3C[C@H](O)[C@]3(C)[C@@H]1CC[C@@H]23. The summed E-state index contributed by atoms with van der Waals surface area (Å²) in [5.74, 6) is 2.81. The van der Waals surface area contributed by atoms with Gasteiger partial charge in [-0.15, -0.1) is 5.10 Å². The molecule has 33 aliphatic rings. The predicted molar refractivity (Wildman–Crippen MR) is 553 cm³/mol. The summed E-state index contributed by atoms with van der Waals surface area (Å²) in [5.41, 5.74) is -1.64. The van der Waals surface area contributed by atoms with E-state index in [1.165, 1.54) is 0 Å². The predicted octanol–water partition coefficient (Wildman–Crippen LogP) is 17.9. The summed E-state index contributed by atoms with van der Waals surface area (Å²) in [5, 5.41) is 138. The highest BCUT2D eigenvalue weighted by Gasteiger charge is 2.72. The number of aliphatic hydroxyl groups excluding tert-OH is 8. The maximum Gasteiger partial charge on any atom is 0.251 e. The zero-order chi connectivity index (χ0) is 100. The van der Waals surface area contributed by atoms with Gasteiger partial charge in [0.2, 0.25) is 29.5 Å². The van der Waals surface area contributed by atoms with Gasteiger partial charge in [0.1, 0.15) is 6.04 Å². The van der Waals surface area contributed by atoms with Crippen molar-refractivity contribution in [2.24, 2.45) is 185 Å². The van der Waals surface area contributed by atoms with Crippen molar-refractivity contribution in [1.29, 1.82) is 0 Å². The van der Waals surface area contributed by atoms with Gasteiger partial charge in [0.05, 0.1) is 61.1 Å². The second kappa shape index (κ2) is 37.9. The van der Waals surface area contributed by atoms with Gasteiger partial charge >= 0.3 is 0 Å². The van der Waals surface area contributed by atoms with Gasteiger partial charge in [-0.25, -0.2) is 4.68 Å². The molecule has 17 aliphatic heterocycles. The van der Waals surface area contributed by atoms with E-state index < -0.39 is 71.1 Å². The molecule has 23 heteroatoms. The Labute approximate surface area is 849 Å². The first kappa shape index (κ1) is 101. The van der Waals surface area contributed by atoms with Crippen molar-refractivity contribution in [3.63, 3.8) is 0 Å². The zero-order valence-corrected chi connectivity index (χ0v) is 88.1. The average Bonchev–Trinajstić information content (AvgIpc) is 1.64. The largest absolute Gasteiger partial charge is 0.393 e. The van der Waals surface area contributed by atoms with Gasteiger partial charge in [-0.1, -0.05) is 137 Å². The first-order chi connectivity index (χ1) is 68.2. The lowest BCUT2D eigenvalue weighted by molar-refractivity contribution is -0.204. The van der Waals surface area contributed by atoms with Gasteiger partial charge in [-0.2, -0.15) is 0 Å². The number of nitrogens with zero attached hydrogens (tertiary/aromatic N) is 3. The van der Waals surface area contributed by atoms with Crippen LogP contribution in [-0.2, 0) is 24.0 Å². The van der Waals surface area contributed by atoms with Crippen LogP contribution in [-0.4, -0.2) is 171 Å². The zero-order valence-electron chi connectivity index (χ0n) is 88.1. The van der Waals surface area contributed by atoms with E-state index in [1.54, 1.807) is 0 Å². The highest BCUT2D eigenvalue weighted by Crippen LogP contribution is 2.75. The van der Waals surface area contributed by atoms with Crippen LogP contribution in [0.5, 0.6) is 0 Å². The maximum absolute atomic E-state index is 15.3. The molecule has 23 nitrogen and oxygen atoms in total. The molecule has 16 saturated carbocycles. The van der Waals surface area contributed by atoms with E-state index in [0.717, 1.165) is 161 Å². The summed E-state index contributed by atoms with van der Waals surface area (Å²) < 4.78 is 1.93. The van der Waals surface area contributed by atoms with Crippen molar-refractivity contribution in [2.45, 2.75) is 406 Å². The van der Waals surface area contributed by atoms with Crippen LogP contribution < -0.4 is 31.9 Å². The molecule has 16 fully saturated rings. The third-order valence-electron chi connectivity index (χ3n) is 49.1. The summed E-state index contributed by atoms with van der Waals surface area (Å²) in [6.07, 6.45) is 24.5. The summed E-state index contributed by atoms with van der Waals surface area (Å²) in [4.78, 5) is 87.4. The van der Waals surface area contributed by atoms with Crippen LogP contribution in [0.1, 0.15) is 343 Å². The molecule has 34 bridgehead atoms. The van der Waals surface area contributed by atoms with Gasteiger partial charge in [0, 0.05) is 55.9 Å². The molecule has 4 aromatic carbocycles. The number of nitrogens with one attached hydrogen (secondary N) is 6. The van der Waals surface area contributed by atoms with Crippen LogP contribution >= 0.6 is 0 Å². The number of hydrogen-bond acceptors (Lipinski definition) is 16. The molecule has 0 unspecified atom stereocenters. The van der Waals surface area contributed by atoms with E-state index in [0.29, 0.717) is 114 Å². The minimum Gasteiger partial charge on any atom is -0.393 e. The second-order valence-electron chi connectivity index (χ2n) is 54.6. The standard InChI is InChI=1S/C120H175N9O14/c1-62-18-36-101(138)123-74-41-45-114(6)70(50-74)54-93(131)108-84-34-31-82(120(84,12)97(135)58-88(108)114)65(4)21-39-104(141)126-100-61-129(128-127-100)76-43-47-116(8)72(52-76)56-95(133)110-86-35-30-81(119(86,11)99(137)60-90(110)116)64(3)20-38-103(140)125-91(17-14-48-121-111(142)78-27-25-68-23-22-66-15-13-16-67-24-26-77(78)106(68)105(66)67)112(143)124-75-42-46-115(7)71(51-75)55-94(132)109-85-33-29-80(118(85,10)98(136)59-89(109)115)63(2)19-37-102(139)122-73-40-44-113(5)69(49-73)53-92(130)107-83-32-28-79(62)117(83,9)96(134)57-87(107)113/h13,15-16,22-27,61-65,69-76,79-99,107-110,130-137H,14,17-21,28-60H2,1-12H3,(H,121,142)(H,122,139)(H,123,138)(H,124,143)(H,125,140)(H,126,141)/t62-,63-,64-,65-,69-,70-,71-,72-,73-,74-,75-,76-,79-,80-,81-,82-,83+,84+,85+,86+,87+,88+,89+,90+,91+,92-,93-,94-,95-,96+,97+,98+,99+,107+,108+,109+,110+,113+,114+,115+,116+,117-,118-,119-,120-/m1/s1. The maximum atomic E-state index is 15.3. The van der Waals surface area contributed by atoms with E-state index in [2.05, 4.69) is 162 Å². The van der Waals surface area contributed by atoms with Gasteiger partial charge in [-0.05, 0) is 442 Å². The minimum atomic E-state index is -0.895. The molecule has 38 rings (SSSR count). The van der Waals surface area contributed by atoms with Crippen molar-refractivity contribution in [1.82, 2.24) is 41.6 Å². The number of amides is 6. The Morgan fingerprint density at radius 1 is 0.378 bits per heavy atom. The molecule has 14 N–H and O–H groups in total. The molecular formula is C120H175N9O14. The van der Waals surface area contributed by atoms with Gasteiger partial charge in [-0.3, -0.25) is 28.8 Å². The summed E-state index contributed by atoms with van der Waals surface area (Å²) in [7, 11) is 0. The number of carbonyl (C=O) groups is 6. The summed E-state index contributed by atoms with van der Waals surface area (Å²) in [6, 6.07) is 17.5. The molecule has 1 aromatic heterocycles. The summed E-state index contributed by atoms with van der Waals surface area (Å²) >= 11 is 0. The van der Waals surface area contributed by atoms with Crippen molar-refractivity contribution in [3.05, 3.63) is 66.4 Å². The highest BCUT2D eigenvalue weighted by molar-refractivity contribution is 6.26. The molecular weight excluding hydrogens is 1790 g/mol. The molecule has 0 saturated heterocycles. The number of hydrogen-bond donors (Lipinski definition) is 14. The van der Waals surface area contributed by atoms with Crippen molar-refractivity contribution in [3.8, 4) is 0 Å². The van der Waals surface area contributed by atoms with Crippen LogP contribution in [0, 0.1) is 185 Å². The molecule has 0 spiro atoms. The molecule has 18 heterocycles. The summed E-state index contributed by atoms with van der Waals surface area (Å²) in [6.45, 7) is 28.1. The minimum absolute atomic E-state index is 0.00311. The number of aromatic nitrogens is 3. The molecule has 16 aliphatic carbocycles. The van der Waals surface area contributed by atoms with E-state index in [1.807, 2.05) is 29.1 Å². The Balaban J connectivity index is 0.480. The quantitative estimate of drug-likeness (QED) is 0.0574. The normalized spacial score (nSPS) is 49.3. The van der Waals surface area contributed by atoms with E-state index in [-0.39, 0.29) is 248 Å². The molecule has 6 amide bonds. The van der Waals surface area contributed by atoms with Gasteiger partial charge in [0.25, 0.3) is 5.91 Å². The lowest BCUT2D eigenvalue weighted by Gasteiger charge is -2.64. The Morgan fingerprint density at radius 3 is 1.14 bits per heavy atom. The number of aliphatic hydroxyl groups is 8. The van der Waals surface area contributed by atoms with Crippen LogP contribution in [0.15, 0.2) is 60.8 Å². The fraction of sp³-hybridized carbons (Fsp3) is 0.800. The molecule has 143 heavy (non-hydrogen) atoms. The topological polar surface area (TPSA) is 367 Å². The number of anilines is 1. The first-order valence-electron chi connectivity index (χ1n) is 58.0. The Morgan fingerprint density at radius 2 is 0.727 bits per heavy atom. The third kappa shape index (κ3) is 16.5. The third-order valence-corrected chi connectivity index (χ3v) is 49.1. The van der Waals surface area contributed by atoms with Crippen molar-refractivity contribution >= 4 is 73.6 Å². The van der Waals surface area contributed by atoms with E-state index in [4.69, 9.17) is 0 Å². The smallest absolute Gasteiger partial charge is 0.251 e. The number of rotatable bonds is 5. The monoisotopic (exact) mass is 1970 g/mol. The second-order valence-corrected chi connectivity index (χ2v) is 54.6. The van der Waals surface area contributed by atoms with Gasteiger partial charge < -0.3 is 72.8 Å². The first-order valence-corrected chi connectivity index (χ1v) is 58.0. The molecule has 45 atom stereocenters. The van der Waals surface area contributed by atoms with Crippen molar-refractivity contribution in [2.75, 3.05) is 11.9 Å². The highest BCUT2D eigenvalue weighted by atomic mass is 16.3. The number of benzene rings is 4. The van der Waals surface area contributed by atoms with Crippen LogP contribution in [0.2, 0.25) is 0 Å². The fourth-order valence-electron chi connectivity index (χ4n) is 41.2. The van der Waals surface area contributed by atoms with E-state index >= 15 is 4.79 Å². The average molecular weight is 1970 g/mol. The van der Waals surface area contributed by atoms with Crippen LogP contribution in [0.4, 0.5) is 5.82 Å². The number of carbonyl (C=O) groups excluding carboxylic acids is 6. The molecule has 0 radical (unpaired) electrons. The Kier molecular flexibility index (Phi) is 26.8. The Hall–Kier alpha value is -6.44. The Bertz CT molecular complexity index is 5560. The van der Waals surface area contributed by atoms with Gasteiger partial charge in [0.15, 0.2) is 5.82 Å². The lowest BCUT2D eigenvalue weighted by Crippen LogP contribution is -2.63. The molecule has 784 valence electrons. The van der Waals surface area contributed by atoms with E-state index in [9.17, 15) is 64.8 Å². The van der Waals surface area contributed by atoms with Crippen molar-refractivity contribution < 1.29 is 69.6 Å².